The summed E-state index contributed by atoms with van der Waals surface area (Å²) in [5, 5.41) is 100. The Labute approximate surface area is 387 Å². The number of hydrogen-bond donors (Lipinski definition) is 10. The van der Waals surface area contributed by atoms with Crippen molar-refractivity contribution in [3.8, 4) is 0 Å². The molecule has 5 aliphatic carbocycles. The van der Waals surface area contributed by atoms with E-state index in [1.165, 1.54) is 12.5 Å². The summed E-state index contributed by atoms with van der Waals surface area (Å²) in [5.41, 5.74) is -1.25. The van der Waals surface area contributed by atoms with E-state index in [0.29, 0.717) is 19.3 Å². The maximum Gasteiger partial charge on any atom is 0.312 e. The van der Waals surface area contributed by atoms with Gasteiger partial charge in [0.05, 0.1) is 32.0 Å². The third-order valence-corrected chi connectivity index (χ3v) is 19.0. The summed E-state index contributed by atoms with van der Waals surface area (Å²) < 4.78 is 36.0. The lowest BCUT2D eigenvalue weighted by Crippen LogP contribution is -2.68. The normalized spacial score (nSPS) is 52.1. The van der Waals surface area contributed by atoms with E-state index in [0.717, 1.165) is 38.5 Å². The molecule has 7 fully saturated rings. The zero-order valence-corrected chi connectivity index (χ0v) is 39.7. The van der Waals surface area contributed by atoms with Crippen LogP contribution in [0.3, 0.4) is 0 Å². The lowest BCUT2D eigenvalue weighted by atomic mass is 9.33. The molecule has 0 radical (unpaired) electrons. The number of ether oxygens (including phenoxy) is 6. The number of carboxylic acid groups (broad SMARTS) is 1. The average molecular weight is 940 g/mol. The first kappa shape index (κ1) is 50.5. The van der Waals surface area contributed by atoms with Gasteiger partial charge in [0.2, 0.25) is 5.91 Å². The lowest BCUT2D eigenvalue weighted by molar-refractivity contribution is -0.352. The molecular formula is C48H77NO17. The molecule has 0 aromatic rings. The molecule has 3 heterocycles. The van der Waals surface area contributed by atoms with Crippen molar-refractivity contribution in [3.05, 3.63) is 11.6 Å². The number of aliphatic carboxylic acids is 1. The Balaban J connectivity index is 1.00. The van der Waals surface area contributed by atoms with E-state index >= 15 is 0 Å². The highest BCUT2D eigenvalue weighted by atomic mass is 16.8. The zero-order valence-electron chi connectivity index (χ0n) is 39.7. The molecule has 10 N–H and O–H groups in total. The maximum absolute atomic E-state index is 13.2. The molecule has 0 spiro atoms. The van der Waals surface area contributed by atoms with Crippen molar-refractivity contribution >= 4 is 11.9 Å². The molecule has 0 bridgehead atoms. The summed E-state index contributed by atoms with van der Waals surface area (Å²) >= 11 is 0. The highest BCUT2D eigenvalue weighted by Gasteiger charge is 2.71. The van der Waals surface area contributed by atoms with Crippen LogP contribution in [-0.2, 0) is 38.0 Å². The average Bonchev–Trinajstić information content (AvgIpc) is 3.23. The van der Waals surface area contributed by atoms with Gasteiger partial charge < -0.3 is 79.7 Å². The van der Waals surface area contributed by atoms with Crippen LogP contribution in [0.1, 0.15) is 113 Å². The van der Waals surface area contributed by atoms with E-state index in [-0.39, 0.29) is 47.2 Å². The molecule has 3 aliphatic heterocycles. The number of nitrogens with one attached hydrogen (secondary N) is 1. The number of rotatable bonds is 9. The van der Waals surface area contributed by atoms with Crippen LogP contribution in [0.5, 0.6) is 0 Å². The van der Waals surface area contributed by atoms with Gasteiger partial charge in [-0.05, 0) is 103 Å². The van der Waals surface area contributed by atoms with Crippen molar-refractivity contribution < 1.29 is 84.0 Å². The van der Waals surface area contributed by atoms with Gasteiger partial charge in [0.25, 0.3) is 0 Å². The van der Waals surface area contributed by atoms with Crippen LogP contribution < -0.4 is 5.32 Å². The van der Waals surface area contributed by atoms with Crippen molar-refractivity contribution in [2.45, 2.75) is 205 Å². The molecule has 18 heteroatoms. The summed E-state index contributed by atoms with van der Waals surface area (Å²) in [4.78, 5) is 25.7. The quantitative estimate of drug-likeness (QED) is 0.114. The van der Waals surface area contributed by atoms with Gasteiger partial charge in [-0.1, -0.05) is 60.1 Å². The van der Waals surface area contributed by atoms with Gasteiger partial charge in [0, 0.05) is 6.92 Å². The van der Waals surface area contributed by atoms with E-state index in [1.54, 1.807) is 0 Å². The molecule has 376 valence electrons. The fraction of sp³-hybridized carbons (Fsp3) is 0.917. The number of amides is 1. The molecule has 3 saturated heterocycles. The number of allylic oxidation sites excluding steroid dienone is 2. The maximum atomic E-state index is 13.2. The Morgan fingerprint density at radius 3 is 2.08 bits per heavy atom. The summed E-state index contributed by atoms with van der Waals surface area (Å²) in [5.74, 6) is -1.21. The SMILES string of the molecule is CC(=O)N[C@@H]1[C@@H](O[C@@H]2CC[C@]3(C)C(CC[C@@]4(C)C3CC=C3C5CC(C)(C)CC[C@@]5(C(=O)O)[C@@H](O)C[C@@]34C)C2(C)C)O[C@@H](CO[C@H]2OC[C@@H](O)[C@@H](O)[C@@H]2O[C@H]2OC[C@H](O)[C@@H](O)[C@@H]2O)[C@H](O)[C@H]1O. The smallest absolute Gasteiger partial charge is 0.312 e. The predicted octanol–water partition coefficient (Wildman–Crippen LogP) is 1.10. The van der Waals surface area contributed by atoms with Crippen LogP contribution in [0, 0.1) is 50.2 Å². The minimum atomic E-state index is -1.71. The first-order chi connectivity index (χ1) is 30.7. The molecule has 0 aromatic heterocycles. The second-order valence-corrected chi connectivity index (χ2v) is 23.5. The van der Waals surface area contributed by atoms with Crippen LogP contribution in [0.4, 0.5) is 0 Å². The van der Waals surface area contributed by atoms with Crippen molar-refractivity contribution in [3.63, 3.8) is 0 Å². The number of carboxylic acids is 1. The number of hydrogen-bond acceptors (Lipinski definition) is 16. The fourth-order valence-electron chi connectivity index (χ4n) is 15.0. The van der Waals surface area contributed by atoms with E-state index in [1.807, 2.05) is 0 Å². The van der Waals surface area contributed by atoms with E-state index in [4.69, 9.17) is 28.4 Å². The van der Waals surface area contributed by atoms with Gasteiger partial charge in [-0.15, -0.1) is 0 Å². The zero-order chi connectivity index (χ0) is 48.3. The Hall–Kier alpha value is -1.88. The van der Waals surface area contributed by atoms with Gasteiger partial charge in [0.1, 0.15) is 66.4 Å². The van der Waals surface area contributed by atoms with Gasteiger partial charge in [0.15, 0.2) is 18.9 Å². The second-order valence-electron chi connectivity index (χ2n) is 23.5. The number of aliphatic hydroxyl groups is 8. The van der Waals surface area contributed by atoms with Crippen LogP contribution in [0.15, 0.2) is 11.6 Å². The summed E-state index contributed by atoms with van der Waals surface area (Å²) in [6, 6.07) is -1.17. The summed E-state index contributed by atoms with van der Waals surface area (Å²) in [7, 11) is 0. The highest BCUT2D eigenvalue weighted by molar-refractivity contribution is 5.77. The van der Waals surface area contributed by atoms with E-state index in [9.17, 15) is 55.5 Å². The van der Waals surface area contributed by atoms with Crippen LogP contribution in [-0.4, -0.2) is 170 Å². The minimum absolute atomic E-state index is 0.0435. The number of carbonyl (C=O) groups excluding carboxylic acids is 1. The Bertz CT molecular complexity index is 1850. The molecule has 1 amide bonds. The van der Waals surface area contributed by atoms with Crippen molar-refractivity contribution in [1.82, 2.24) is 5.32 Å². The van der Waals surface area contributed by atoms with Crippen LogP contribution in [0.2, 0.25) is 0 Å². The number of aliphatic hydroxyl groups excluding tert-OH is 8. The van der Waals surface area contributed by atoms with E-state index < -0.39 is 127 Å². The third-order valence-electron chi connectivity index (χ3n) is 19.0. The van der Waals surface area contributed by atoms with Gasteiger partial charge in [-0.25, -0.2) is 0 Å². The monoisotopic (exact) mass is 940 g/mol. The molecular weight excluding hydrogens is 863 g/mol. The highest BCUT2D eigenvalue weighted by Crippen LogP contribution is 2.76. The molecule has 18 nitrogen and oxygen atoms in total. The largest absolute Gasteiger partial charge is 0.481 e. The molecule has 0 aromatic carbocycles. The molecule has 4 saturated carbocycles. The van der Waals surface area contributed by atoms with Gasteiger partial charge >= 0.3 is 5.97 Å². The topological polar surface area (TPSA) is 284 Å². The molecule has 66 heavy (non-hydrogen) atoms. The van der Waals surface area contributed by atoms with Gasteiger partial charge in [-0.3, -0.25) is 9.59 Å². The van der Waals surface area contributed by atoms with Crippen molar-refractivity contribution in [2.75, 3.05) is 19.8 Å². The predicted molar refractivity (Wildman–Crippen MR) is 232 cm³/mol. The first-order valence-electron chi connectivity index (χ1n) is 24.2. The number of carbonyl (C=O) groups is 2. The minimum Gasteiger partial charge on any atom is -0.481 e. The van der Waals surface area contributed by atoms with Crippen molar-refractivity contribution in [2.24, 2.45) is 50.2 Å². The Morgan fingerprint density at radius 1 is 0.742 bits per heavy atom. The number of fused-ring (bicyclic) bond motifs is 7. The summed E-state index contributed by atoms with van der Waals surface area (Å²) in [6.07, 6.45) is -10.5. The third kappa shape index (κ3) is 8.02. The molecule has 22 atom stereocenters. The Morgan fingerprint density at radius 2 is 1.41 bits per heavy atom. The lowest BCUT2D eigenvalue weighted by Gasteiger charge is -2.71. The molecule has 3 unspecified atom stereocenters. The van der Waals surface area contributed by atoms with Crippen molar-refractivity contribution in [1.29, 1.82) is 0 Å². The molecule has 8 aliphatic rings. The molecule has 8 rings (SSSR count). The van der Waals surface area contributed by atoms with Crippen LogP contribution >= 0.6 is 0 Å². The van der Waals surface area contributed by atoms with E-state index in [2.05, 4.69) is 59.9 Å². The summed E-state index contributed by atoms with van der Waals surface area (Å²) in [6.45, 7) is 16.0. The Kier molecular flexibility index (Phi) is 13.6. The fourth-order valence-corrected chi connectivity index (χ4v) is 15.0. The van der Waals surface area contributed by atoms with Gasteiger partial charge in [-0.2, -0.15) is 0 Å². The second kappa shape index (κ2) is 17.8. The first-order valence-corrected chi connectivity index (χ1v) is 24.2. The van der Waals surface area contributed by atoms with Crippen LogP contribution in [0.25, 0.3) is 0 Å². The standard InChI is InChI=1S/C48H77NO17/c1-22(50)49-32-36(57)35(56)27(21-63-41-38(34(55)26(52)20-62-41)66-40-37(58)33(54)25(51)19-61-40)64-39(32)65-31-12-13-45(6)28(44(31,4)5)11-14-46(7)29(45)10-9-23-24-17-43(2,3)15-16-48(24,42(59)60)30(53)18-47(23,46)8/h9,24-41,51-58H,10-21H2,1-8H3,(H,49,50)(H,59,60)/t24?,25-,26+,27-,28?,29?,30-,31+,32-,33+,34+,35-,36-,37-,38-,39+,40+,41+,45+,46-,47-,48-/m0/s1.